The van der Waals surface area contributed by atoms with Crippen LogP contribution >= 0.6 is 11.8 Å². The summed E-state index contributed by atoms with van der Waals surface area (Å²) in [6, 6.07) is 0.127. The van der Waals surface area contributed by atoms with Crippen LogP contribution in [0.5, 0.6) is 0 Å². The average Bonchev–Trinajstić information content (AvgIpc) is 2.29. The molecule has 0 spiro atoms. The summed E-state index contributed by atoms with van der Waals surface area (Å²) in [6.07, 6.45) is 5.04. The number of amides is 1. The van der Waals surface area contributed by atoms with Gasteiger partial charge in [0.25, 0.3) is 5.91 Å². The molecule has 0 saturated heterocycles. The minimum atomic E-state index is -0.189. The first-order valence-corrected chi connectivity index (χ1v) is 6.36. The number of hydrogen-bond donors (Lipinski definition) is 2. The first-order valence-electron chi connectivity index (χ1n) is 4.97. The predicted octanol–water partition coefficient (Wildman–Crippen LogP) is 1.000. The number of nitrogens with zero attached hydrogens (tertiary/aromatic N) is 2. The average molecular weight is 240 g/mol. The van der Waals surface area contributed by atoms with Gasteiger partial charge in [-0.3, -0.25) is 9.78 Å². The lowest BCUT2D eigenvalue weighted by atomic mass is 10.3. The maximum absolute atomic E-state index is 11.7. The molecule has 1 amide bonds. The standard InChI is InChI=1S/C10H16N4OS/c1-7(6-16-3)13-10(15)8-4-12-5-9(11-2)14-8/h4-5,7H,6H2,1-3H3,(H,11,14)(H,13,15). The highest BCUT2D eigenvalue weighted by molar-refractivity contribution is 7.98. The number of carbonyl (C=O) groups excluding carboxylic acids is 1. The molecular weight excluding hydrogens is 224 g/mol. The quantitative estimate of drug-likeness (QED) is 0.803. The van der Waals surface area contributed by atoms with E-state index in [9.17, 15) is 4.79 Å². The maximum atomic E-state index is 11.7. The molecule has 1 atom stereocenters. The summed E-state index contributed by atoms with van der Waals surface area (Å²) in [7, 11) is 1.74. The van der Waals surface area contributed by atoms with E-state index < -0.39 is 0 Å². The summed E-state index contributed by atoms with van der Waals surface area (Å²) in [5.41, 5.74) is 0.333. The molecule has 0 aliphatic carbocycles. The Hall–Kier alpha value is -1.30. The van der Waals surface area contributed by atoms with Crippen LogP contribution in [0.3, 0.4) is 0 Å². The summed E-state index contributed by atoms with van der Waals surface area (Å²) >= 11 is 1.69. The van der Waals surface area contributed by atoms with E-state index in [2.05, 4.69) is 20.6 Å². The van der Waals surface area contributed by atoms with Crippen LogP contribution in [-0.2, 0) is 0 Å². The van der Waals surface area contributed by atoms with E-state index in [4.69, 9.17) is 0 Å². The number of aromatic nitrogens is 2. The number of thioether (sulfide) groups is 1. The first kappa shape index (κ1) is 12.8. The van der Waals surface area contributed by atoms with Crippen molar-refractivity contribution in [1.82, 2.24) is 15.3 Å². The number of nitrogens with one attached hydrogen (secondary N) is 2. The van der Waals surface area contributed by atoms with Crippen molar-refractivity contribution in [1.29, 1.82) is 0 Å². The molecule has 88 valence electrons. The zero-order valence-corrected chi connectivity index (χ0v) is 10.5. The van der Waals surface area contributed by atoms with Gasteiger partial charge >= 0.3 is 0 Å². The van der Waals surface area contributed by atoms with Gasteiger partial charge in [0, 0.05) is 18.8 Å². The van der Waals surface area contributed by atoms with E-state index in [1.165, 1.54) is 6.20 Å². The van der Waals surface area contributed by atoms with Gasteiger partial charge in [0.15, 0.2) is 0 Å². The van der Waals surface area contributed by atoms with Crippen molar-refractivity contribution in [3.8, 4) is 0 Å². The molecular formula is C10H16N4OS. The highest BCUT2D eigenvalue weighted by Gasteiger charge is 2.11. The zero-order chi connectivity index (χ0) is 12.0. The van der Waals surface area contributed by atoms with Crippen molar-refractivity contribution in [2.75, 3.05) is 24.4 Å². The fourth-order valence-electron chi connectivity index (χ4n) is 1.19. The lowest BCUT2D eigenvalue weighted by molar-refractivity contribution is 0.0938. The van der Waals surface area contributed by atoms with E-state index in [0.717, 1.165) is 5.75 Å². The molecule has 1 aromatic rings. The van der Waals surface area contributed by atoms with Crippen molar-refractivity contribution in [3.05, 3.63) is 18.1 Å². The summed E-state index contributed by atoms with van der Waals surface area (Å²) in [4.78, 5) is 19.8. The van der Waals surface area contributed by atoms with Crippen LogP contribution in [-0.4, -0.2) is 41.0 Å². The SMILES string of the molecule is CNc1cncc(C(=O)NC(C)CSC)n1. The van der Waals surface area contributed by atoms with Gasteiger partial charge in [0.05, 0.1) is 12.4 Å². The van der Waals surface area contributed by atoms with Gasteiger partial charge < -0.3 is 10.6 Å². The van der Waals surface area contributed by atoms with Crippen LogP contribution in [0.2, 0.25) is 0 Å². The Morgan fingerprint density at radius 2 is 2.31 bits per heavy atom. The van der Waals surface area contributed by atoms with Gasteiger partial charge in [-0.15, -0.1) is 0 Å². The van der Waals surface area contributed by atoms with E-state index >= 15 is 0 Å². The molecule has 16 heavy (non-hydrogen) atoms. The second kappa shape index (κ2) is 6.32. The Morgan fingerprint density at radius 3 is 2.94 bits per heavy atom. The second-order valence-corrected chi connectivity index (χ2v) is 4.28. The highest BCUT2D eigenvalue weighted by Crippen LogP contribution is 2.02. The minimum absolute atomic E-state index is 0.127. The molecule has 6 heteroatoms. The second-order valence-electron chi connectivity index (χ2n) is 3.37. The van der Waals surface area contributed by atoms with Crippen LogP contribution in [0.1, 0.15) is 17.4 Å². The van der Waals surface area contributed by atoms with Crippen LogP contribution < -0.4 is 10.6 Å². The fraction of sp³-hybridized carbons (Fsp3) is 0.500. The third kappa shape index (κ3) is 3.69. The van der Waals surface area contributed by atoms with Crippen LogP contribution in [0.25, 0.3) is 0 Å². The van der Waals surface area contributed by atoms with Gasteiger partial charge in [-0.05, 0) is 13.2 Å². The molecule has 0 radical (unpaired) electrons. The molecule has 0 bridgehead atoms. The summed E-state index contributed by atoms with van der Waals surface area (Å²) in [6.45, 7) is 1.96. The van der Waals surface area contributed by atoms with Gasteiger partial charge in [-0.1, -0.05) is 0 Å². The molecule has 0 saturated carbocycles. The van der Waals surface area contributed by atoms with Crippen molar-refractivity contribution < 1.29 is 4.79 Å². The Labute approximate surface area is 99.4 Å². The lowest BCUT2D eigenvalue weighted by Gasteiger charge is -2.11. The molecule has 0 aromatic carbocycles. The molecule has 0 fully saturated rings. The Bertz CT molecular complexity index is 358. The molecule has 5 nitrogen and oxygen atoms in total. The zero-order valence-electron chi connectivity index (χ0n) is 9.65. The van der Waals surface area contributed by atoms with E-state index in [1.54, 1.807) is 25.0 Å². The monoisotopic (exact) mass is 240 g/mol. The smallest absolute Gasteiger partial charge is 0.271 e. The number of carbonyl (C=O) groups is 1. The van der Waals surface area contributed by atoms with Crippen LogP contribution in [0.4, 0.5) is 5.82 Å². The van der Waals surface area contributed by atoms with Crippen molar-refractivity contribution in [2.45, 2.75) is 13.0 Å². The largest absolute Gasteiger partial charge is 0.372 e. The van der Waals surface area contributed by atoms with Crippen molar-refractivity contribution in [2.24, 2.45) is 0 Å². The van der Waals surface area contributed by atoms with Gasteiger partial charge in [-0.25, -0.2) is 4.98 Å². The molecule has 0 aliphatic rings. The van der Waals surface area contributed by atoms with Crippen molar-refractivity contribution >= 4 is 23.5 Å². The normalized spacial score (nSPS) is 11.9. The Kier molecular flexibility index (Phi) is 5.04. The van der Waals surface area contributed by atoms with Crippen LogP contribution in [0.15, 0.2) is 12.4 Å². The van der Waals surface area contributed by atoms with Crippen LogP contribution in [0, 0.1) is 0 Å². The highest BCUT2D eigenvalue weighted by atomic mass is 32.2. The Morgan fingerprint density at radius 1 is 1.56 bits per heavy atom. The lowest BCUT2D eigenvalue weighted by Crippen LogP contribution is -2.34. The molecule has 1 unspecified atom stereocenters. The molecule has 2 N–H and O–H groups in total. The maximum Gasteiger partial charge on any atom is 0.271 e. The topological polar surface area (TPSA) is 66.9 Å². The molecule has 1 rings (SSSR count). The molecule has 1 heterocycles. The summed E-state index contributed by atoms with van der Waals surface area (Å²) in [5.74, 6) is 1.28. The fourth-order valence-corrected chi connectivity index (χ4v) is 1.77. The van der Waals surface area contributed by atoms with E-state index in [1.807, 2.05) is 13.2 Å². The summed E-state index contributed by atoms with van der Waals surface area (Å²) in [5, 5.41) is 5.70. The first-order chi connectivity index (χ1) is 7.67. The number of anilines is 1. The summed E-state index contributed by atoms with van der Waals surface area (Å²) < 4.78 is 0. The third-order valence-electron chi connectivity index (χ3n) is 1.92. The van der Waals surface area contributed by atoms with E-state index in [-0.39, 0.29) is 11.9 Å². The third-order valence-corrected chi connectivity index (χ3v) is 2.75. The minimum Gasteiger partial charge on any atom is -0.372 e. The number of rotatable bonds is 5. The number of hydrogen-bond acceptors (Lipinski definition) is 5. The van der Waals surface area contributed by atoms with Gasteiger partial charge in [0.2, 0.25) is 0 Å². The van der Waals surface area contributed by atoms with Gasteiger partial charge in [-0.2, -0.15) is 11.8 Å². The molecule has 1 aromatic heterocycles. The van der Waals surface area contributed by atoms with E-state index in [0.29, 0.717) is 11.5 Å². The van der Waals surface area contributed by atoms with Crippen molar-refractivity contribution in [3.63, 3.8) is 0 Å². The Balaban J connectivity index is 2.65. The van der Waals surface area contributed by atoms with Gasteiger partial charge in [0.1, 0.15) is 11.5 Å². The molecule has 0 aliphatic heterocycles. The predicted molar refractivity (Wildman–Crippen MR) is 66.9 cm³/mol.